The van der Waals surface area contributed by atoms with E-state index in [1.165, 1.54) is 19.3 Å². The molecule has 0 fully saturated rings. The van der Waals surface area contributed by atoms with Crippen molar-refractivity contribution >= 4 is 19.8 Å². The minimum absolute atomic E-state index is 0.0145. The number of likely N-dealkylation sites (N-methyl/N-ethyl adjacent to an activating group) is 1. The van der Waals surface area contributed by atoms with Crippen LogP contribution in [-0.4, -0.2) is 74.9 Å². The quantitative estimate of drug-likeness (QED) is 0.0211. The largest absolute Gasteiger partial charge is 0.472 e. The summed E-state index contributed by atoms with van der Waals surface area (Å²) in [4.78, 5) is 35.6. The summed E-state index contributed by atoms with van der Waals surface area (Å²) in [5.74, 6) is -0.863. The molecule has 2 unspecified atom stereocenters. The van der Waals surface area contributed by atoms with Crippen molar-refractivity contribution in [2.75, 3.05) is 47.5 Å². The van der Waals surface area contributed by atoms with Crippen molar-refractivity contribution in [1.29, 1.82) is 0 Å². The standard InChI is InChI=1S/C62H100NO8P/c1-6-8-10-12-14-16-18-20-22-24-26-27-28-29-30-31-32-33-34-35-37-39-41-43-45-47-49-51-53-55-62(65)71-60(59-70-72(66,67)69-57-56-63(3,4)5)58-68-61(64)54-52-50-48-46-44-42-40-38-36-25-23-21-19-17-15-13-11-9-7-2/h8-11,14-17,20-23,26-27,29-30,32-33,35-38,42,44,60H,6-7,12-13,18-19,24-25,28,31,34,39-41,43,45-59H2,1-5H3/p+1/b10-8-,11-9-,16-14-,17-15-,22-20-,23-21-,27-26-,30-29-,33-32-,37-35-,38-36-,44-42-. The second-order valence-corrected chi connectivity index (χ2v) is 20.3. The molecule has 0 aliphatic rings. The molecule has 72 heavy (non-hydrogen) atoms. The van der Waals surface area contributed by atoms with Crippen molar-refractivity contribution in [3.05, 3.63) is 146 Å². The lowest BCUT2D eigenvalue weighted by molar-refractivity contribution is -0.870. The molecule has 0 saturated heterocycles. The molecule has 0 amide bonds. The Labute approximate surface area is 440 Å². The lowest BCUT2D eigenvalue weighted by atomic mass is 10.1. The first-order chi connectivity index (χ1) is 35.0. The van der Waals surface area contributed by atoms with Gasteiger partial charge in [0.1, 0.15) is 19.8 Å². The lowest BCUT2D eigenvalue weighted by Gasteiger charge is -2.24. The van der Waals surface area contributed by atoms with E-state index < -0.39 is 32.5 Å². The maximum Gasteiger partial charge on any atom is 0.472 e. The number of nitrogens with zero attached hydrogens (tertiary/aromatic N) is 1. The van der Waals surface area contributed by atoms with Crippen LogP contribution in [0.4, 0.5) is 0 Å². The van der Waals surface area contributed by atoms with E-state index in [0.29, 0.717) is 23.9 Å². The molecular formula is C62H101NO8P+. The van der Waals surface area contributed by atoms with E-state index in [9.17, 15) is 19.0 Å². The highest BCUT2D eigenvalue weighted by molar-refractivity contribution is 7.47. The number of phosphoric ester groups is 1. The van der Waals surface area contributed by atoms with Gasteiger partial charge in [-0.15, -0.1) is 0 Å². The molecule has 9 nitrogen and oxygen atoms in total. The van der Waals surface area contributed by atoms with E-state index in [4.69, 9.17) is 18.5 Å². The predicted molar refractivity (Wildman–Crippen MR) is 307 cm³/mol. The number of quaternary nitrogens is 1. The van der Waals surface area contributed by atoms with Gasteiger partial charge in [-0.3, -0.25) is 18.6 Å². The normalized spacial score (nSPS) is 14.5. The molecule has 2 atom stereocenters. The van der Waals surface area contributed by atoms with Crippen LogP contribution in [0, 0.1) is 0 Å². The number of hydrogen-bond donors (Lipinski definition) is 1. The number of unbranched alkanes of at least 4 members (excludes halogenated alkanes) is 10. The first kappa shape index (κ1) is 67.9. The molecule has 406 valence electrons. The number of rotatable bonds is 48. The second-order valence-electron chi connectivity index (χ2n) is 18.8. The van der Waals surface area contributed by atoms with Crippen molar-refractivity contribution in [2.45, 2.75) is 187 Å². The van der Waals surface area contributed by atoms with Crippen LogP contribution in [0.5, 0.6) is 0 Å². The number of carbonyl (C=O) groups excluding carboxylic acids is 2. The molecule has 0 aromatic rings. The smallest absolute Gasteiger partial charge is 0.462 e. The molecule has 0 bridgehead atoms. The Morgan fingerprint density at radius 2 is 0.750 bits per heavy atom. The zero-order chi connectivity index (χ0) is 52.7. The average Bonchev–Trinajstić information content (AvgIpc) is 3.34. The number of esters is 2. The van der Waals surface area contributed by atoms with Gasteiger partial charge >= 0.3 is 19.8 Å². The topological polar surface area (TPSA) is 108 Å². The number of hydrogen-bond acceptors (Lipinski definition) is 7. The van der Waals surface area contributed by atoms with E-state index in [1.807, 2.05) is 21.1 Å². The third kappa shape index (κ3) is 55.2. The molecule has 0 spiro atoms. The molecular weight excluding hydrogens is 918 g/mol. The first-order valence-electron chi connectivity index (χ1n) is 27.6. The van der Waals surface area contributed by atoms with Crippen LogP contribution < -0.4 is 0 Å². The Morgan fingerprint density at radius 3 is 1.12 bits per heavy atom. The molecule has 0 rings (SSSR count). The molecule has 0 aromatic carbocycles. The summed E-state index contributed by atoms with van der Waals surface area (Å²) in [5, 5.41) is 0. The maximum atomic E-state index is 12.8. The summed E-state index contributed by atoms with van der Waals surface area (Å²) in [6.45, 7) is 4.12. The highest BCUT2D eigenvalue weighted by Gasteiger charge is 2.27. The number of phosphoric acid groups is 1. The molecule has 0 aliphatic carbocycles. The molecule has 10 heteroatoms. The van der Waals surface area contributed by atoms with Crippen LogP contribution in [0.2, 0.25) is 0 Å². The Bertz CT molecular complexity index is 1720. The number of carbonyl (C=O) groups is 2. The Kier molecular flexibility index (Phi) is 48.8. The Balaban J connectivity index is 4.32. The minimum Gasteiger partial charge on any atom is -0.462 e. The van der Waals surface area contributed by atoms with Crippen molar-refractivity contribution in [3.63, 3.8) is 0 Å². The van der Waals surface area contributed by atoms with E-state index >= 15 is 0 Å². The van der Waals surface area contributed by atoms with Gasteiger partial charge in [0.2, 0.25) is 0 Å². The molecule has 0 saturated carbocycles. The van der Waals surface area contributed by atoms with Gasteiger partial charge in [-0.2, -0.15) is 0 Å². The van der Waals surface area contributed by atoms with Gasteiger partial charge in [0.25, 0.3) is 0 Å². The molecule has 0 aromatic heterocycles. The van der Waals surface area contributed by atoms with Crippen molar-refractivity contribution in [2.24, 2.45) is 0 Å². The van der Waals surface area contributed by atoms with Crippen LogP contribution in [-0.2, 0) is 32.7 Å². The summed E-state index contributed by atoms with van der Waals surface area (Å²) in [7, 11) is 1.42. The molecule has 0 radical (unpaired) electrons. The third-order valence-electron chi connectivity index (χ3n) is 10.9. The van der Waals surface area contributed by atoms with E-state index in [0.717, 1.165) is 122 Å². The second kappa shape index (κ2) is 51.8. The van der Waals surface area contributed by atoms with Gasteiger partial charge in [0, 0.05) is 12.8 Å². The monoisotopic (exact) mass is 1020 g/mol. The zero-order valence-electron chi connectivity index (χ0n) is 45.8. The fourth-order valence-electron chi connectivity index (χ4n) is 6.67. The van der Waals surface area contributed by atoms with Gasteiger partial charge < -0.3 is 18.9 Å². The van der Waals surface area contributed by atoms with Crippen molar-refractivity contribution in [3.8, 4) is 0 Å². The summed E-state index contributed by atoms with van der Waals surface area (Å²) in [6, 6.07) is 0. The van der Waals surface area contributed by atoms with E-state index in [2.05, 4.69) is 160 Å². The van der Waals surface area contributed by atoms with Gasteiger partial charge in [0.05, 0.1) is 27.7 Å². The highest BCUT2D eigenvalue weighted by Crippen LogP contribution is 2.43. The van der Waals surface area contributed by atoms with Crippen LogP contribution in [0.15, 0.2) is 146 Å². The zero-order valence-corrected chi connectivity index (χ0v) is 46.7. The van der Waals surface area contributed by atoms with Crippen molar-refractivity contribution < 1.29 is 42.1 Å². The SMILES string of the molecule is CC/C=C\C/C=C\C/C=C\C/C=C\C/C=C\C/C=C\C/C=C\CCCCCCCCCC(=O)OC(COC(=O)CCCCC/C=C\C/C=C\C/C=C\C/C=C\C/C=C\CC)COP(=O)(O)OCC[N+](C)(C)C. The van der Waals surface area contributed by atoms with E-state index in [-0.39, 0.29) is 26.1 Å². The van der Waals surface area contributed by atoms with Crippen LogP contribution in [0.1, 0.15) is 181 Å². The predicted octanol–water partition coefficient (Wildman–Crippen LogP) is 17.1. The third-order valence-corrected chi connectivity index (χ3v) is 11.8. The summed E-state index contributed by atoms with van der Waals surface area (Å²) in [5.41, 5.74) is 0. The average molecular weight is 1020 g/mol. The molecule has 1 N–H and O–H groups in total. The number of ether oxygens (including phenoxy) is 2. The van der Waals surface area contributed by atoms with Gasteiger partial charge in [-0.1, -0.05) is 198 Å². The Morgan fingerprint density at radius 1 is 0.431 bits per heavy atom. The van der Waals surface area contributed by atoms with Crippen LogP contribution in [0.25, 0.3) is 0 Å². The summed E-state index contributed by atoms with van der Waals surface area (Å²) in [6.07, 6.45) is 76.2. The fourth-order valence-corrected chi connectivity index (χ4v) is 7.41. The first-order valence-corrected chi connectivity index (χ1v) is 29.1. The molecule has 0 aliphatic heterocycles. The van der Waals surface area contributed by atoms with E-state index in [1.54, 1.807) is 0 Å². The Hall–Kier alpha value is -4.11. The molecule has 0 heterocycles. The van der Waals surface area contributed by atoms with Crippen molar-refractivity contribution in [1.82, 2.24) is 0 Å². The van der Waals surface area contributed by atoms with Gasteiger partial charge in [-0.25, -0.2) is 4.57 Å². The fraction of sp³-hybridized carbons (Fsp3) is 0.581. The minimum atomic E-state index is -4.41. The highest BCUT2D eigenvalue weighted by atomic mass is 31.2. The maximum absolute atomic E-state index is 12.8. The summed E-state index contributed by atoms with van der Waals surface area (Å²) >= 11 is 0. The van der Waals surface area contributed by atoms with Gasteiger partial charge in [0.15, 0.2) is 6.10 Å². The summed E-state index contributed by atoms with van der Waals surface area (Å²) < 4.78 is 34.5. The van der Waals surface area contributed by atoms with Gasteiger partial charge in [-0.05, 0) is 116 Å². The van der Waals surface area contributed by atoms with Crippen LogP contribution in [0.3, 0.4) is 0 Å². The number of allylic oxidation sites excluding steroid dienone is 24. The van der Waals surface area contributed by atoms with Crippen LogP contribution >= 0.6 is 7.82 Å². The lowest BCUT2D eigenvalue weighted by Crippen LogP contribution is -2.37.